The van der Waals surface area contributed by atoms with Crippen LogP contribution in [0, 0.1) is 6.07 Å². The zero-order valence-corrected chi connectivity index (χ0v) is 7.92. The lowest BCUT2D eigenvalue weighted by molar-refractivity contribution is 0.0695. The SMILES string of the molecule is CCc1c[c]c(C(=O)O)c(CC)c1. The summed E-state index contributed by atoms with van der Waals surface area (Å²) in [5.74, 6) is -0.889. The molecule has 0 aromatic heterocycles. The van der Waals surface area contributed by atoms with Crippen molar-refractivity contribution < 1.29 is 9.90 Å². The minimum atomic E-state index is -0.889. The summed E-state index contributed by atoms with van der Waals surface area (Å²) in [6.45, 7) is 4.00. The third-order valence-electron chi connectivity index (χ3n) is 2.09. The van der Waals surface area contributed by atoms with E-state index in [-0.39, 0.29) is 0 Å². The second-order valence-electron chi connectivity index (χ2n) is 2.92. The van der Waals surface area contributed by atoms with Gasteiger partial charge in [-0.1, -0.05) is 26.0 Å². The molecule has 0 atom stereocenters. The van der Waals surface area contributed by atoms with Gasteiger partial charge < -0.3 is 5.11 Å². The Kier molecular flexibility index (Phi) is 3.07. The lowest BCUT2D eigenvalue weighted by Gasteiger charge is -2.04. The third kappa shape index (κ3) is 2.08. The molecule has 2 nitrogen and oxygen atoms in total. The highest BCUT2D eigenvalue weighted by atomic mass is 16.4. The highest BCUT2D eigenvalue weighted by Crippen LogP contribution is 2.12. The monoisotopic (exact) mass is 177 g/mol. The van der Waals surface area contributed by atoms with Gasteiger partial charge in [-0.05, 0) is 30.0 Å². The fourth-order valence-electron chi connectivity index (χ4n) is 1.28. The molecule has 0 spiro atoms. The number of benzene rings is 1. The van der Waals surface area contributed by atoms with Crippen molar-refractivity contribution in [2.45, 2.75) is 26.7 Å². The van der Waals surface area contributed by atoms with Crippen molar-refractivity contribution in [1.82, 2.24) is 0 Å². The molecule has 1 rings (SSSR count). The van der Waals surface area contributed by atoms with Gasteiger partial charge in [0.1, 0.15) is 0 Å². The number of hydrogen-bond acceptors (Lipinski definition) is 1. The zero-order valence-electron chi connectivity index (χ0n) is 7.92. The summed E-state index contributed by atoms with van der Waals surface area (Å²) in [6.07, 6.45) is 1.66. The van der Waals surface area contributed by atoms with Crippen LogP contribution in [0.25, 0.3) is 0 Å². The van der Waals surface area contributed by atoms with Crippen LogP contribution in [0.5, 0.6) is 0 Å². The van der Waals surface area contributed by atoms with Gasteiger partial charge in [0.05, 0.1) is 5.56 Å². The van der Waals surface area contributed by atoms with Crippen molar-refractivity contribution >= 4 is 5.97 Å². The van der Waals surface area contributed by atoms with Crippen LogP contribution in [0.4, 0.5) is 0 Å². The number of carboxylic acid groups (broad SMARTS) is 1. The number of aromatic carboxylic acids is 1. The van der Waals surface area contributed by atoms with Gasteiger partial charge in [0.2, 0.25) is 0 Å². The quantitative estimate of drug-likeness (QED) is 0.769. The Morgan fingerprint density at radius 3 is 2.62 bits per heavy atom. The smallest absolute Gasteiger partial charge is 0.336 e. The van der Waals surface area contributed by atoms with E-state index in [0.717, 1.165) is 24.0 Å². The van der Waals surface area contributed by atoms with Gasteiger partial charge >= 0.3 is 5.97 Å². The Bertz CT molecular complexity index is 316. The molecular formula is C11H13O2. The molecule has 0 aliphatic carbocycles. The molecule has 0 saturated heterocycles. The Morgan fingerprint density at radius 1 is 1.46 bits per heavy atom. The minimum absolute atomic E-state index is 0.305. The molecule has 0 aliphatic rings. The van der Waals surface area contributed by atoms with Crippen molar-refractivity contribution in [3.8, 4) is 0 Å². The number of hydrogen-bond donors (Lipinski definition) is 1. The fraction of sp³-hybridized carbons (Fsp3) is 0.364. The highest BCUT2D eigenvalue weighted by Gasteiger charge is 2.08. The van der Waals surface area contributed by atoms with E-state index in [1.807, 2.05) is 19.9 Å². The first-order valence-electron chi connectivity index (χ1n) is 4.45. The fourth-order valence-corrected chi connectivity index (χ4v) is 1.28. The number of carboxylic acids is 1. The molecule has 0 fully saturated rings. The lowest BCUT2D eigenvalue weighted by atomic mass is 10.0. The van der Waals surface area contributed by atoms with Gasteiger partial charge in [0, 0.05) is 0 Å². The van der Waals surface area contributed by atoms with E-state index in [9.17, 15) is 4.79 Å². The number of aryl methyl sites for hydroxylation is 2. The average Bonchev–Trinajstić information content (AvgIpc) is 2.16. The van der Waals surface area contributed by atoms with Gasteiger partial charge in [-0.3, -0.25) is 0 Å². The second kappa shape index (κ2) is 4.08. The Hall–Kier alpha value is -1.31. The van der Waals surface area contributed by atoms with Crippen molar-refractivity contribution in [3.05, 3.63) is 34.9 Å². The van der Waals surface area contributed by atoms with Crippen molar-refractivity contribution in [2.75, 3.05) is 0 Å². The molecule has 1 radical (unpaired) electrons. The Morgan fingerprint density at radius 2 is 2.15 bits per heavy atom. The summed E-state index contributed by atoms with van der Waals surface area (Å²) >= 11 is 0. The standard InChI is InChI=1S/C11H13O2/c1-3-8-5-6-10(11(12)13)9(4-2)7-8/h5,7H,3-4H2,1-2H3,(H,12,13). The van der Waals surface area contributed by atoms with Crippen LogP contribution in [0.2, 0.25) is 0 Å². The number of rotatable bonds is 3. The summed E-state index contributed by atoms with van der Waals surface area (Å²) in [6, 6.07) is 6.50. The van der Waals surface area contributed by atoms with Crippen LogP contribution in [0.3, 0.4) is 0 Å². The molecule has 13 heavy (non-hydrogen) atoms. The van der Waals surface area contributed by atoms with Gasteiger partial charge in [0.15, 0.2) is 0 Å². The summed E-state index contributed by atoms with van der Waals surface area (Å²) in [5, 5.41) is 8.83. The summed E-state index contributed by atoms with van der Waals surface area (Å²) in [5.41, 5.74) is 2.31. The first-order chi connectivity index (χ1) is 6.19. The van der Waals surface area contributed by atoms with Gasteiger partial charge in [-0.2, -0.15) is 0 Å². The van der Waals surface area contributed by atoms with Gasteiger partial charge in [0.25, 0.3) is 0 Å². The molecule has 2 heteroatoms. The summed E-state index contributed by atoms with van der Waals surface area (Å²) in [7, 11) is 0. The average molecular weight is 177 g/mol. The van der Waals surface area contributed by atoms with Crippen LogP contribution in [-0.4, -0.2) is 11.1 Å². The third-order valence-corrected chi connectivity index (χ3v) is 2.09. The molecule has 0 aliphatic heterocycles. The largest absolute Gasteiger partial charge is 0.478 e. The van der Waals surface area contributed by atoms with Crippen LogP contribution < -0.4 is 0 Å². The molecule has 0 saturated carbocycles. The van der Waals surface area contributed by atoms with Gasteiger partial charge in [-0.25, -0.2) is 4.79 Å². The first-order valence-corrected chi connectivity index (χ1v) is 4.45. The Balaban J connectivity index is 3.15. The second-order valence-corrected chi connectivity index (χ2v) is 2.92. The van der Waals surface area contributed by atoms with E-state index in [2.05, 4.69) is 6.07 Å². The van der Waals surface area contributed by atoms with Crippen molar-refractivity contribution in [3.63, 3.8) is 0 Å². The molecule has 0 heterocycles. The molecule has 69 valence electrons. The molecule has 1 N–H and O–H groups in total. The maximum atomic E-state index is 10.7. The first kappa shape index (κ1) is 9.78. The van der Waals surface area contributed by atoms with E-state index in [4.69, 9.17) is 5.11 Å². The summed E-state index contributed by atoms with van der Waals surface area (Å²) < 4.78 is 0. The Labute approximate surface area is 78.2 Å². The highest BCUT2D eigenvalue weighted by molar-refractivity contribution is 5.89. The van der Waals surface area contributed by atoms with Gasteiger partial charge in [-0.15, -0.1) is 0 Å². The van der Waals surface area contributed by atoms with Crippen LogP contribution in [0.1, 0.15) is 35.3 Å². The minimum Gasteiger partial charge on any atom is -0.478 e. The van der Waals surface area contributed by atoms with Crippen molar-refractivity contribution in [2.24, 2.45) is 0 Å². The van der Waals surface area contributed by atoms with Crippen LogP contribution in [-0.2, 0) is 12.8 Å². The predicted molar refractivity (Wildman–Crippen MR) is 51.0 cm³/mol. The van der Waals surface area contributed by atoms with E-state index in [1.165, 1.54) is 0 Å². The lowest BCUT2D eigenvalue weighted by Crippen LogP contribution is -2.02. The molecule has 0 bridgehead atoms. The van der Waals surface area contributed by atoms with Crippen molar-refractivity contribution in [1.29, 1.82) is 0 Å². The normalized spacial score (nSPS) is 10.0. The number of carbonyl (C=O) groups is 1. The zero-order chi connectivity index (χ0) is 9.84. The van der Waals surface area contributed by atoms with E-state index in [1.54, 1.807) is 6.07 Å². The molecule has 0 amide bonds. The molecule has 0 unspecified atom stereocenters. The molecular weight excluding hydrogens is 164 g/mol. The summed E-state index contributed by atoms with van der Waals surface area (Å²) in [4.78, 5) is 10.7. The maximum absolute atomic E-state index is 10.7. The molecule has 1 aromatic carbocycles. The van der Waals surface area contributed by atoms with Crippen LogP contribution >= 0.6 is 0 Å². The predicted octanol–water partition coefficient (Wildman–Crippen LogP) is 2.31. The maximum Gasteiger partial charge on any atom is 0.336 e. The molecule has 1 aromatic rings. The topological polar surface area (TPSA) is 37.3 Å². The van der Waals surface area contributed by atoms with Crippen LogP contribution in [0.15, 0.2) is 12.1 Å². The van der Waals surface area contributed by atoms with E-state index < -0.39 is 5.97 Å². The van der Waals surface area contributed by atoms with E-state index in [0.29, 0.717) is 5.56 Å². The van der Waals surface area contributed by atoms with E-state index >= 15 is 0 Å².